The summed E-state index contributed by atoms with van der Waals surface area (Å²) in [4.78, 5) is 21.0. The van der Waals surface area contributed by atoms with E-state index in [2.05, 4.69) is 37.5 Å². The monoisotopic (exact) mass is 345 g/mol. The van der Waals surface area contributed by atoms with Crippen molar-refractivity contribution in [2.75, 3.05) is 11.4 Å². The summed E-state index contributed by atoms with van der Waals surface area (Å²) in [7, 11) is 0. The van der Waals surface area contributed by atoms with Crippen LogP contribution in [0.25, 0.3) is 0 Å². The molecule has 17 heavy (non-hydrogen) atoms. The van der Waals surface area contributed by atoms with Crippen LogP contribution in [0.5, 0.6) is 0 Å². The van der Waals surface area contributed by atoms with E-state index in [0.29, 0.717) is 6.04 Å². The van der Waals surface area contributed by atoms with Crippen LogP contribution in [0, 0.1) is 9.49 Å². The lowest BCUT2D eigenvalue weighted by molar-refractivity contribution is 0.360. The maximum absolute atomic E-state index is 11.6. The molecule has 1 aliphatic carbocycles. The van der Waals surface area contributed by atoms with Gasteiger partial charge in [0.2, 0.25) is 0 Å². The minimum atomic E-state index is -0.0179. The summed E-state index contributed by atoms with van der Waals surface area (Å²) in [6.07, 6.45) is 8.03. The minimum Gasteiger partial charge on any atom is -0.352 e. The Bertz CT molecular complexity index is 473. The van der Waals surface area contributed by atoms with Crippen LogP contribution in [0.3, 0.4) is 0 Å². The fourth-order valence-corrected chi connectivity index (χ4v) is 3.90. The molecular weight excluding hydrogens is 329 g/mol. The van der Waals surface area contributed by atoms with Crippen molar-refractivity contribution in [1.82, 2.24) is 9.97 Å². The summed E-state index contributed by atoms with van der Waals surface area (Å²) in [6.45, 7) is 1.05. The zero-order valence-electron chi connectivity index (χ0n) is 9.66. The Morgan fingerprint density at radius 3 is 3.06 bits per heavy atom. The van der Waals surface area contributed by atoms with Gasteiger partial charge in [0.05, 0.1) is 6.33 Å². The number of H-pyrrole nitrogens is 1. The van der Waals surface area contributed by atoms with Gasteiger partial charge < -0.3 is 9.88 Å². The lowest BCUT2D eigenvalue weighted by Gasteiger charge is -2.38. The first-order chi connectivity index (χ1) is 8.27. The second-order valence-electron chi connectivity index (χ2n) is 4.96. The fraction of sp³-hybridized carbons (Fsp3) is 0.667. The average Bonchev–Trinajstić information content (AvgIpc) is 2.81. The second-order valence-corrected chi connectivity index (χ2v) is 6.04. The highest BCUT2D eigenvalue weighted by Crippen LogP contribution is 2.38. The van der Waals surface area contributed by atoms with Gasteiger partial charge in [0.25, 0.3) is 5.56 Å². The summed E-state index contributed by atoms with van der Waals surface area (Å²) in [5, 5.41) is 0. The van der Waals surface area contributed by atoms with Crippen molar-refractivity contribution in [2.24, 2.45) is 5.92 Å². The molecule has 1 saturated heterocycles. The maximum atomic E-state index is 11.6. The standard InChI is InChI=1S/C12H16IN3O/c13-10-11(14-7-15-12(10)17)16-6-2-4-8-3-1-5-9(8)16/h7-9H,1-6H2,(H,14,15,17). The lowest BCUT2D eigenvalue weighted by atomic mass is 9.92. The topological polar surface area (TPSA) is 49.0 Å². The fourth-order valence-electron chi connectivity index (χ4n) is 3.29. The molecule has 2 unspecified atom stereocenters. The Labute approximate surface area is 114 Å². The van der Waals surface area contributed by atoms with Crippen LogP contribution in [0.15, 0.2) is 11.1 Å². The second kappa shape index (κ2) is 4.59. The quantitative estimate of drug-likeness (QED) is 0.794. The first kappa shape index (κ1) is 11.5. The van der Waals surface area contributed by atoms with E-state index in [0.717, 1.165) is 21.9 Å². The van der Waals surface area contributed by atoms with Crippen LogP contribution in [-0.2, 0) is 0 Å². The van der Waals surface area contributed by atoms with Gasteiger partial charge in [-0.25, -0.2) is 4.98 Å². The predicted molar refractivity (Wildman–Crippen MR) is 75.3 cm³/mol. The van der Waals surface area contributed by atoms with E-state index >= 15 is 0 Å². The summed E-state index contributed by atoms with van der Waals surface area (Å²) >= 11 is 2.11. The smallest absolute Gasteiger partial charge is 0.266 e. The van der Waals surface area contributed by atoms with Crippen molar-refractivity contribution in [2.45, 2.75) is 38.1 Å². The van der Waals surface area contributed by atoms with E-state index < -0.39 is 0 Å². The molecule has 4 nitrogen and oxygen atoms in total. The molecule has 0 bridgehead atoms. The number of hydrogen-bond donors (Lipinski definition) is 1. The third-order valence-electron chi connectivity index (χ3n) is 4.04. The molecule has 2 aliphatic rings. The Balaban J connectivity index is 1.97. The highest BCUT2D eigenvalue weighted by molar-refractivity contribution is 14.1. The largest absolute Gasteiger partial charge is 0.352 e. The minimum absolute atomic E-state index is 0.0179. The van der Waals surface area contributed by atoms with Crippen LogP contribution in [0.2, 0.25) is 0 Å². The molecule has 5 heteroatoms. The number of aromatic nitrogens is 2. The molecule has 3 rings (SSSR count). The summed E-state index contributed by atoms with van der Waals surface area (Å²) in [5.74, 6) is 1.71. The number of anilines is 1. The van der Waals surface area contributed by atoms with Crippen molar-refractivity contribution < 1.29 is 0 Å². The van der Waals surface area contributed by atoms with E-state index in [1.807, 2.05) is 0 Å². The van der Waals surface area contributed by atoms with Gasteiger partial charge >= 0.3 is 0 Å². The molecule has 1 aliphatic heterocycles. The molecule has 2 fully saturated rings. The molecule has 92 valence electrons. The van der Waals surface area contributed by atoms with Crippen LogP contribution >= 0.6 is 22.6 Å². The van der Waals surface area contributed by atoms with Crippen molar-refractivity contribution in [1.29, 1.82) is 0 Å². The number of nitrogens with zero attached hydrogens (tertiary/aromatic N) is 2. The van der Waals surface area contributed by atoms with Crippen LogP contribution in [-0.4, -0.2) is 22.6 Å². The number of hydrogen-bond acceptors (Lipinski definition) is 3. The molecular formula is C12H16IN3O. The highest BCUT2D eigenvalue weighted by Gasteiger charge is 2.36. The Morgan fingerprint density at radius 1 is 1.35 bits per heavy atom. The number of fused-ring (bicyclic) bond motifs is 1. The first-order valence-corrected chi connectivity index (χ1v) is 7.35. The molecule has 0 radical (unpaired) electrons. The van der Waals surface area contributed by atoms with Crippen LogP contribution in [0.1, 0.15) is 32.1 Å². The maximum Gasteiger partial charge on any atom is 0.266 e. The predicted octanol–water partition coefficient (Wildman–Crippen LogP) is 2.14. The highest BCUT2D eigenvalue weighted by atomic mass is 127. The normalized spacial score (nSPS) is 28.2. The molecule has 1 saturated carbocycles. The average molecular weight is 345 g/mol. The van der Waals surface area contributed by atoms with E-state index in [-0.39, 0.29) is 5.56 Å². The zero-order chi connectivity index (χ0) is 11.8. The van der Waals surface area contributed by atoms with Gasteiger partial charge in [0.1, 0.15) is 9.39 Å². The van der Waals surface area contributed by atoms with Gasteiger partial charge in [-0.3, -0.25) is 4.79 Å². The SMILES string of the molecule is O=c1[nH]cnc(N2CCCC3CCCC32)c1I. The van der Waals surface area contributed by atoms with Gasteiger partial charge in [-0.05, 0) is 54.2 Å². The van der Waals surface area contributed by atoms with Crippen LogP contribution in [0.4, 0.5) is 5.82 Å². The molecule has 2 atom stereocenters. The van der Waals surface area contributed by atoms with Gasteiger partial charge in [-0.1, -0.05) is 6.42 Å². The van der Waals surface area contributed by atoms with Gasteiger partial charge in [0, 0.05) is 12.6 Å². The summed E-state index contributed by atoms with van der Waals surface area (Å²) in [5.41, 5.74) is -0.0179. The van der Waals surface area contributed by atoms with E-state index in [1.54, 1.807) is 0 Å². The Kier molecular flexibility index (Phi) is 3.10. The van der Waals surface area contributed by atoms with E-state index in [9.17, 15) is 4.79 Å². The molecule has 1 aromatic rings. The van der Waals surface area contributed by atoms with Crippen molar-refractivity contribution in [3.63, 3.8) is 0 Å². The number of aromatic amines is 1. The summed E-state index contributed by atoms with van der Waals surface area (Å²) < 4.78 is 0.734. The van der Waals surface area contributed by atoms with Crippen molar-refractivity contribution in [3.8, 4) is 0 Å². The number of piperidine rings is 1. The molecule has 0 aromatic carbocycles. The first-order valence-electron chi connectivity index (χ1n) is 6.27. The van der Waals surface area contributed by atoms with Crippen molar-refractivity contribution >= 4 is 28.4 Å². The Hall–Kier alpha value is -0.590. The summed E-state index contributed by atoms with van der Waals surface area (Å²) in [6, 6.07) is 0.617. The van der Waals surface area contributed by atoms with E-state index in [1.165, 1.54) is 38.4 Å². The van der Waals surface area contributed by atoms with Gasteiger partial charge in [-0.15, -0.1) is 0 Å². The molecule has 1 aromatic heterocycles. The third kappa shape index (κ3) is 1.98. The zero-order valence-corrected chi connectivity index (χ0v) is 11.8. The molecule has 0 amide bonds. The molecule has 2 heterocycles. The van der Waals surface area contributed by atoms with Gasteiger partial charge in [0.15, 0.2) is 0 Å². The number of rotatable bonds is 1. The number of nitrogens with one attached hydrogen (secondary N) is 1. The lowest BCUT2D eigenvalue weighted by Crippen LogP contribution is -2.44. The Morgan fingerprint density at radius 2 is 2.18 bits per heavy atom. The van der Waals surface area contributed by atoms with E-state index in [4.69, 9.17) is 0 Å². The number of halogens is 1. The van der Waals surface area contributed by atoms with Crippen molar-refractivity contribution in [3.05, 3.63) is 20.3 Å². The van der Waals surface area contributed by atoms with Gasteiger partial charge in [-0.2, -0.15) is 0 Å². The van der Waals surface area contributed by atoms with Crippen LogP contribution < -0.4 is 10.5 Å². The molecule has 1 N–H and O–H groups in total. The molecule has 0 spiro atoms. The third-order valence-corrected chi connectivity index (χ3v) is 5.02.